The van der Waals surface area contributed by atoms with Crippen molar-refractivity contribution in [3.05, 3.63) is 181 Å². The number of benzene rings is 8. The van der Waals surface area contributed by atoms with Crippen molar-refractivity contribution in [2.45, 2.75) is 19.3 Å². The third-order valence-corrected chi connectivity index (χ3v) is 10.7. The van der Waals surface area contributed by atoms with Gasteiger partial charge < -0.3 is 9.47 Å². The highest BCUT2D eigenvalue weighted by Crippen LogP contribution is 2.52. The Kier molecular flexibility index (Phi) is 5.95. The predicted octanol–water partition coefficient (Wildman–Crippen LogP) is 12.9. The first kappa shape index (κ1) is 27.9. The van der Waals surface area contributed by atoms with Crippen molar-refractivity contribution in [1.82, 2.24) is 4.57 Å². The molecule has 1 heterocycles. The van der Waals surface area contributed by atoms with Gasteiger partial charge in [-0.3, -0.25) is 0 Å². The molecule has 0 N–H and O–H groups in total. The molecular formula is C47H34N2. The second kappa shape index (κ2) is 10.4. The third kappa shape index (κ3) is 4.07. The monoisotopic (exact) mass is 626 g/mol. The van der Waals surface area contributed by atoms with E-state index < -0.39 is 0 Å². The second-order valence-electron chi connectivity index (χ2n) is 13.8. The fourth-order valence-corrected chi connectivity index (χ4v) is 8.42. The van der Waals surface area contributed by atoms with E-state index in [1.807, 2.05) is 0 Å². The molecule has 0 bridgehead atoms. The molecule has 1 aliphatic carbocycles. The zero-order valence-electron chi connectivity index (χ0n) is 27.6. The van der Waals surface area contributed by atoms with E-state index in [0.717, 1.165) is 11.4 Å². The van der Waals surface area contributed by atoms with Gasteiger partial charge in [0.15, 0.2) is 0 Å². The molecule has 232 valence electrons. The van der Waals surface area contributed by atoms with E-state index in [-0.39, 0.29) is 5.41 Å². The minimum absolute atomic E-state index is 0.187. The van der Waals surface area contributed by atoms with Gasteiger partial charge in [0.2, 0.25) is 0 Å². The van der Waals surface area contributed by atoms with Crippen molar-refractivity contribution in [1.29, 1.82) is 0 Å². The Balaban J connectivity index is 1.17. The lowest BCUT2D eigenvalue weighted by Gasteiger charge is -2.28. The van der Waals surface area contributed by atoms with Crippen LogP contribution in [0.15, 0.2) is 170 Å². The van der Waals surface area contributed by atoms with Crippen molar-refractivity contribution >= 4 is 60.4 Å². The zero-order valence-corrected chi connectivity index (χ0v) is 27.6. The van der Waals surface area contributed by atoms with Gasteiger partial charge in [0.05, 0.1) is 11.0 Å². The predicted molar refractivity (Wildman–Crippen MR) is 208 cm³/mol. The van der Waals surface area contributed by atoms with Gasteiger partial charge >= 0.3 is 0 Å². The summed E-state index contributed by atoms with van der Waals surface area (Å²) < 4.78 is 2.49. The molecule has 0 saturated heterocycles. The minimum Gasteiger partial charge on any atom is -0.310 e. The van der Waals surface area contributed by atoms with E-state index in [1.54, 1.807) is 0 Å². The molecule has 0 radical (unpaired) electrons. The maximum absolute atomic E-state index is 2.49. The molecule has 0 spiro atoms. The molecule has 0 atom stereocenters. The van der Waals surface area contributed by atoms with Gasteiger partial charge in [-0.1, -0.05) is 123 Å². The first-order valence-corrected chi connectivity index (χ1v) is 17.1. The number of hydrogen-bond acceptors (Lipinski definition) is 1. The van der Waals surface area contributed by atoms with Crippen LogP contribution < -0.4 is 4.90 Å². The Labute approximate surface area is 286 Å². The summed E-state index contributed by atoms with van der Waals surface area (Å²) in [5.74, 6) is 0. The van der Waals surface area contributed by atoms with Crippen LogP contribution in [0.5, 0.6) is 0 Å². The standard InChI is InChI=1S/C47H34N2/c1-47(2)41-29-35(48(33-15-5-3-6-16-33)34-17-7-4-8-18-34)23-25-39(41)40-26-24-36(30-42(40)47)49-43-27-21-31-13-9-11-19-37(31)45(43)46-38-20-12-10-14-32(38)22-28-44(46)49/h3-30H,1-2H3. The SMILES string of the molecule is CC1(C)c2cc(N(c3ccccc3)c3ccccc3)ccc2-c2ccc(-n3c4ccc5ccccc5c4c4c5ccccc5ccc43)cc21. The maximum Gasteiger partial charge on any atom is 0.0547 e. The van der Waals surface area contributed by atoms with Gasteiger partial charge in [-0.25, -0.2) is 0 Å². The van der Waals surface area contributed by atoms with Crippen molar-refractivity contribution in [3.8, 4) is 16.8 Å². The van der Waals surface area contributed by atoms with Gasteiger partial charge in [-0.2, -0.15) is 0 Å². The topological polar surface area (TPSA) is 8.17 Å². The highest BCUT2D eigenvalue weighted by molar-refractivity contribution is 6.28. The maximum atomic E-state index is 2.49. The molecule has 0 fully saturated rings. The molecule has 10 rings (SSSR count). The van der Waals surface area contributed by atoms with Crippen LogP contribution in [0.1, 0.15) is 25.0 Å². The second-order valence-corrected chi connectivity index (χ2v) is 13.8. The minimum atomic E-state index is -0.187. The van der Waals surface area contributed by atoms with Crippen LogP contribution in [-0.4, -0.2) is 4.57 Å². The Hall–Kier alpha value is -6.12. The summed E-state index contributed by atoms with van der Waals surface area (Å²) >= 11 is 0. The summed E-state index contributed by atoms with van der Waals surface area (Å²) in [5.41, 5.74) is 12.3. The van der Waals surface area contributed by atoms with Crippen molar-refractivity contribution < 1.29 is 0 Å². The summed E-state index contributed by atoms with van der Waals surface area (Å²) in [5, 5.41) is 7.76. The number of hydrogen-bond donors (Lipinski definition) is 0. The van der Waals surface area contributed by atoms with Gasteiger partial charge in [0.1, 0.15) is 0 Å². The highest BCUT2D eigenvalue weighted by Gasteiger charge is 2.36. The summed E-state index contributed by atoms with van der Waals surface area (Å²) in [7, 11) is 0. The first-order chi connectivity index (χ1) is 24.1. The molecule has 0 aliphatic heterocycles. The number of fused-ring (bicyclic) bond motifs is 10. The molecule has 49 heavy (non-hydrogen) atoms. The number of para-hydroxylation sites is 2. The van der Waals surface area contributed by atoms with Gasteiger partial charge in [-0.05, 0) is 104 Å². The van der Waals surface area contributed by atoms with Gasteiger partial charge in [0, 0.05) is 38.9 Å². The molecule has 0 unspecified atom stereocenters. The number of nitrogens with zero attached hydrogens (tertiary/aromatic N) is 2. The smallest absolute Gasteiger partial charge is 0.0547 e. The normalized spacial score (nSPS) is 13.3. The molecule has 8 aromatic carbocycles. The molecule has 0 saturated carbocycles. The van der Waals surface area contributed by atoms with Crippen molar-refractivity contribution in [3.63, 3.8) is 0 Å². The molecule has 1 aliphatic rings. The lowest BCUT2D eigenvalue weighted by molar-refractivity contribution is 0.660. The molecule has 0 amide bonds. The lowest BCUT2D eigenvalue weighted by Crippen LogP contribution is -2.17. The lowest BCUT2D eigenvalue weighted by atomic mass is 9.82. The summed E-state index contributed by atoms with van der Waals surface area (Å²) in [6.45, 7) is 4.76. The van der Waals surface area contributed by atoms with Crippen LogP contribution in [0.25, 0.3) is 60.2 Å². The molecule has 9 aromatic rings. The van der Waals surface area contributed by atoms with E-state index in [0.29, 0.717) is 0 Å². The van der Waals surface area contributed by atoms with E-state index in [4.69, 9.17) is 0 Å². The van der Waals surface area contributed by atoms with Crippen molar-refractivity contribution in [2.24, 2.45) is 0 Å². The molecular weight excluding hydrogens is 593 g/mol. The van der Waals surface area contributed by atoms with E-state index in [1.165, 1.54) is 77.0 Å². The average molecular weight is 627 g/mol. The largest absolute Gasteiger partial charge is 0.310 e. The average Bonchev–Trinajstić information content (AvgIpc) is 3.61. The fourth-order valence-electron chi connectivity index (χ4n) is 8.42. The molecule has 1 aromatic heterocycles. The summed E-state index contributed by atoms with van der Waals surface area (Å²) in [6, 6.07) is 62.2. The van der Waals surface area contributed by atoms with Crippen LogP contribution >= 0.6 is 0 Å². The third-order valence-electron chi connectivity index (χ3n) is 10.7. The van der Waals surface area contributed by atoms with Crippen LogP contribution in [0.2, 0.25) is 0 Å². The van der Waals surface area contributed by atoms with E-state index >= 15 is 0 Å². The molecule has 2 heteroatoms. The van der Waals surface area contributed by atoms with E-state index in [2.05, 4.69) is 193 Å². The Morgan fingerprint density at radius 1 is 0.429 bits per heavy atom. The van der Waals surface area contributed by atoms with Crippen LogP contribution in [-0.2, 0) is 5.41 Å². The van der Waals surface area contributed by atoms with Crippen LogP contribution in [0.3, 0.4) is 0 Å². The van der Waals surface area contributed by atoms with Gasteiger partial charge in [-0.15, -0.1) is 0 Å². The summed E-state index contributed by atoms with van der Waals surface area (Å²) in [4.78, 5) is 2.36. The Morgan fingerprint density at radius 3 is 1.49 bits per heavy atom. The quantitative estimate of drug-likeness (QED) is 0.189. The number of anilines is 3. The highest BCUT2D eigenvalue weighted by atomic mass is 15.1. The van der Waals surface area contributed by atoms with Gasteiger partial charge in [0.25, 0.3) is 0 Å². The number of rotatable bonds is 4. The Bertz CT molecular complexity index is 2600. The Morgan fingerprint density at radius 2 is 0.918 bits per heavy atom. The molecule has 2 nitrogen and oxygen atoms in total. The first-order valence-electron chi connectivity index (χ1n) is 17.1. The number of aromatic nitrogens is 1. The van der Waals surface area contributed by atoms with Crippen molar-refractivity contribution in [2.75, 3.05) is 4.90 Å². The van der Waals surface area contributed by atoms with Crippen LogP contribution in [0.4, 0.5) is 17.1 Å². The van der Waals surface area contributed by atoms with E-state index in [9.17, 15) is 0 Å². The summed E-state index contributed by atoms with van der Waals surface area (Å²) in [6.07, 6.45) is 0. The fraction of sp³-hybridized carbons (Fsp3) is 0.0638. The zero-order chi connectivity index (χ0) is 32.7. The van der Waals surface area contributed by atoms with Crippen LogP contribution in [0, 0.1) is 0 Å².